The highest BCUT2D eigenvalue weighted by Crippen LogP contribution is 2.39. The van der Waals surface area contributed by atoms with E-state index in [1.807, 2.05) is 49.3 Å². The molecule has 2 heterocycles. The standard InChI is InChI=1S/C15H16N4O/c1-16-14-8-12-13(9-17-14)19(3)15(20)10-6-4-5-7-11(10)18(12)2/h4-9H,1-3H3,(H,16,17). The van der Waals surface area contributed by atoms with Gasteiger partial charge in [-0.3, -0.25) is 4.79 Å². The van der Waals surface area contributed by atoms with Crippen molar-refractivity contribution in [1.82, 2.24) is 4.98 Å². The third kappa shape index (κ3) is 1.71. The molecule has 0 aliphatic carbocycles. The molecule has 0 fully saturated rings. The van der Waals surface area contributed by atoms with Gasteiger partial charge in [-0.25, -0.2) is 4.98 Å². The average molecular weight is 268 g/mol. The van der Waals surface area contributed by atoms with Gasteiger partial charge in [-0.1, -0.05) is 12.1 Å². The van der Waals surface area contributed by atoms with E-state index in [0.29, 0.717) is 5.56 Å². The van der Waals surface area contributed by atoms with Gasteiger partial charge in [0.15, 0.2) is 0 Å². The summed E-state index contributed by atoms with van der Waals surface area (Å²) < 4.78 is 0. The molecule has 1 amide bonds. The lowest BCUT2D eigenvalue weighted by molar-refractivity contribution is 0.0994. The fraction of sp³-hybridized carbons (Fsp3) is 0.200. The van der Waals surface area contributed by atoms with Crippen LogP contribution < -0.4 is 15.1 Å². The lowest BCUT2D eigenvalue weighted by atomic mass is 10.1. The van der Waals surface area contributed by atoms with E-state index in [9.17, 15) is 4.79 Å². The molecular formula is C15H16N4O. The number of carbonyl (C=O) groups excluding carboxylic acids is 1. The van der Waals surface area contributed by atoms with Gasteiger partial charge in [0.2, 0.25) is 0 Å². The SMILES string of the molecule is CNc1cc2c(cn1)N(C)C(=O)c1ccccc1N2C. The van der Waals surface area contributed by atoms with Crippen LogP contribution in [-0.4, -0.2) is 32.0 Å². The normalized spacial score (nSPS) is 13.7. The van der Waals surface area contributed by atoms with Crippen LogP contribution in [0.4, 0.5) is 22.9 Å². The Morgan fingerprint density at radius 2 is 1.80 bits per heavy atom. The summed E-state index contributed by atoms with van der Waals surface area (Å²) >= 11 is 0. The van der Waals surface area contributed by atoms with E-state index in [1.165, 1.54) is 0 Å². The highest BCUT2D eigenvalue weighted by molar-refractivity contribution is 6.13. The molecule has 102 valence electrons. The van der Waals surface area contributed by atoms with E-state index in [-0.39, 0.29) is 5.91 Å². The Hall–Kier alpha value is -2.56. The van der Waals surface area contributed by atoms with Crippen molar-refractivity contribution in [2.45, 2.75) is 0 Å². The zero-order chi connectivity index (χ0) is 14.3. The summed E-state index contributed by atoms with van der Waals surface area (Å²) in [6.07, 6.45) is 1.72. The van der Waals surface area contributed by atoms with Crippen LogP contribution in [0.25, 0.3) is 0 Å². The number of aromatic nitrogens is 1. The Kier molecular flexibility index (Phi) is 2.82. The van der Waals surface area contributed by atoms with Crippen molar-refractivity contribution in [3.05, 3.63) is 42.1 Å². The van der Waals surface area contributed by atoms with Crippen LogP contribution in [0.2, 0.25) is 0 Å². The average Bonchev–Trinajstić information content (AvgIpc) is 2.58. The molecule has 0 saturated heterocycles. The first-order valence-electron chi connectivity index (χ1n) is 6.42. The molecule has 1 aromatic carbocycles. The first-order chi connectivity index (χ1) is 9.63. The number of carbonyl (C=O) groups is 1. The molecule has 0 atom stereocenters. The molecule has 20 heavy (non-hydrogen) atoms. The summed E-state index contributed by atoms with van der Waals surface area (Å²) in [6, 6.07) is 9.57. The summed E-state index contributed by atoms with van der Waals surface area (Å²) in [7, 11) is 5.57. The molecule has 1 aliphatic heterocycles. The molecule has 0 spiro atoms. The minimum absolute atomic E-state index is 0.0230. The number of hydrogen-bond acceptors (Lipinski definition) is 4. The zero-order valence-electron chi connectivity index (χ0n) is 11.7. The van der Waals surface area contributed by atoms with Crippen LogP contribution in [-0.2, 0) is 0 Å². The first kappa shape index (κ1) is 12.5. The highest BCUT2D eigenvalue weighted by Gasteiger charge is 2.27. The molecule has 5 heteroatoms. The molecule has 1 N–H and O–H groups in total. The number of pyridine rings is 1. The van der Waals surface area contributed by atoms with E-state index in [0.717, 1.165) is 22.9 Å². The second-order valence-corrected chi connectivity index (χ2v) is 4.75. The minimum atomic E-state index is -0.0230. The number of nitrogens with one attached hydrogen (secondary N) is 1. The first-order valence-corrected chi connectivity index (χ1v) is 6.42. The van der Waals surface area contributed by atoms with Crippen molar-refractivity contribution in [1.29, 1.82) is 0 Å². The van der Waals surface area contributed by atoms with Gasteiger partial charge < -0.3 is 15.1 Å². The monoisotopic (exact) mass is 268 g/mol. The van der Waals surface area contributed by atoms with Crippen LogP contribution in [0, 0.1) is 0 Å². The topological polar surface area (TPSA) is 48.5 Å². The fourth-order valence-corrected chi connectivity index (χ4v) is 2.47. The van der Waals surface area contributed by atoms with Gasteiger partial charge in [-0.2, -0.15) is 0 Å². The Morgan fingerprint density at radius 1 is 1.05 bits per heavy atom. The maximum Gasteiger partial charge on any atom is 0.260 e. The summed E-state index contributed by atoms with van der Waals surface area (Å²) in [5, 5.41) is 3.03. The quantitative estimate of drug-likeness (QED) is 0.863. The number of hydrogen-bond donors (Lipinski definition) is 1. The van der Waals surface area contributed by atoms with Gasteiger partial charge in [0, 0.05) is 27.2 Å². The molecule has 0 radical (unpaired) electrons. The number of fused-ring (bicyclic) bond motifs is 2. The van der Waals surface area contributed by atoms with Crippen LogP contribution >= 0.6 is 0 Å². The van der Waals surface area contributed by atoms with Gasteiger partial charge in [-0.05, 0) is 12.1 Å². The largest absolute Gasteiger partial charge is 0.373 e. The van der Waals surface area contributed by atoms with Crippen molar-refractivity contribution < 1.29 is 4.79 Å². The van der Waals surface area contributed by atoms with E-state index in [2.05, 4.69) is 10.3 Å². The lowest BCUT2D eigenvalue weighted by Gasteiger charge is -2.22. The smallest absolute Gasteiger partial charge is 0.260 e. The predicted octanol–water partition coefficient (Wildman–Crippen LogP) is 2.48. The van der Waals surface area contributed by atoms with Crippen molar-refractivity contribution >= 4 is 28.8 Å². The van der Waals surface area contributed by atoms with E-state index in [4.69, 9.17) is 0 Å². The van der Waals surface area contributed by atoms with Crippen LogP contribution in [0.3, 0.4) is 0 Å². The maximum atomic E-state index is 12.6. The lowest BCUT2D eigenvalue weighted by Crippen LogP contribution is -2.25. The number of nitrogens with zero attached hydrogens (tertiary/aromatic N) is 3. The fourth-order valence-electron chi connectivity index (χ4n) is 2.47. The minimum Gasteiger partial charge on any atom is -0.373 e. The number of anilines is 4. The molecule has 0 saturated carbocycles. The van der Waals surface area contributed by atoms with Crippen molar-refractivity contribution in [2.75, 3.05) is 36.3 Å². The van der Waals surface area contributed by atoms with Crippen molar-refractivity contribution in [3.8, 4) is 0 Å². The number of para-hydroxylation sites is 1. The Balaban J connectivity index is 2.27. The molecule has 2 aromatic rings. The van der Waals surface area contributed by atoms with Gasteiger partial charge in [0.05, 0.1) is 28.8 Å². The van der Waals surface area contributed by atoms with Crippen LogP contribution in [0.15, 0.2) is 36.5 Å². The third-order valence-corrected chi connectivity index (χ3v) is 3.64. The molecule has 1 aliphatic rings. The zero-order valence-corrected chi connectivity index (χ0v) is 11.7. The van der Waals surface area contributed by atoms with Crippen molar-refractivity contribution in [3.63, 3.8) is 0 Å². The third-order valence-electron chi connectivity index (χ3n) is 3.64. The van der Waals surface area contributed by atoms with E-state index < -0.39 is 0 Å². The summed E-state index contributed by atoms with van der Waals surface area (Å²) in [5.41, 5.74) is 3.34. The van der Waals surface area contributed by atoms with Gasteiger partial charge >= 0.3 is 0 Å². The molecule has 3 rings (SSSR count). The summed E-state index contributed by atoms with van der Waals surface area (Å²) in [6.45, 7) is 0. The summed E-state index contributed by atoms with van der Waals surface area (Å²) in [4.78, 5) is 20.5. The second kappa shape index (κ2) is 4.52. The van der Waals surface area contributed by atoms with E-state index >= 15 is 0 Å². The van der Waals surface area contributed by atoms with Gasteiger partial charge in [0.25, 0.3) is 5.91 Å². The van der Waals surface area contributed by atoms with Crippen LogP contribution in [0.5, 0.6) is 0 Å². The molecule has 5 nitrogen and oxygen atoms in total. The Bertz CT molecular complexity index is 683. The van der Waals surface area contributed by atoms with Gasteiger partial charge in [0.1, 0.15) is 5.82 Å². The second-order valence-electron chi connectivity index (χ2n) is 4.75. The highest BCUT2D eigenvalue weighted by atomic mass is 16.2. The van der Waals surface area contributed by atoms with E-state index in [1.54, 1.807) is 18.1 Å². The maximum absolute atomic E-state index is 12.6. The molecule has 0 bridgehead atoms. The van der Waals surface area contributed by atoms with Crippen molar-refractivity contribution in [2.24, 2.45) is 0 Å². The number of rotatable bonds is 1. The molecule has 0 unspecified atom stereocenters. The summed E-state index contributed by atoms with van der Waals surface area (Å²) in [5.74, 6) is 0.751. The molecular weight excluding hydrogens is 252 g/mol. The number of benzene rings is 1. The number of amides is 1. The Labute approximate surface area is 117 Å². The Morgan fingerprint density at radius 3 is 2.55 bits per heavy atom. The molecule has 1 aromatic heterocycles. The van der Waals surface area contributed by atoms with Gasteiger partial charge in [-0.15, -0.1) is 0 Å². The predicted molar refractivity (Wildman–Crippen MR) is 81.0 cm³/mol. The van der Waals surface area contributed by atoms with Crippen LogP contribution in [0.1, 0.15) is 10.4 Å².